The van der Waals surface area contributed by atoms with Gasteiger partial charge >= 0.3 is 0 Å². The van der Waals surface area contributed by atoms with Crippen LogP contribution in [0.3, 0.4) is 0 Å². The minimum absolute atomic E-state index is 0.114. The lowest BCUT2D eigenvalue weighted by Gasteiger charge is -2.41. The van der Waals surface area contributed by atoms with E-state index in [1.807, 2.05) is 6.08 Å². The monoisotopic (exact) mass is 268 g/mol. The summed E-state index contributed by atoms with van der Waals surface area (Å²) >= 11 is 0. The van der Waals surface area contributed by atoms with Crippen LogP contribution in [0, 0.1) is 5.92 Å². The summed E-state index contributed by atoms with van der Waals surface area (Å²) in [6.07, 6.45) is 5.02. The molecule has 102 valence electrons. The first kappa shape index (κ1) is 15.3. The Kier molecular flexibility index (Phi) is 4.67. The summed E-state index contributed by atoms with van der Waals surface area (Å²) in [7, 11) is -1.89. The molecule has 0 heterocycles. The van der Waals surface area contributed by atoms with Crippen molar-refractivity contribution >= 4 is 20.9 Å². The molecule has 3 nitrogen and oxygen atoms in total. The molecule has 0 bridgehead atoms. The normalized spacial score (nSPS) is 25.5. The van der Waals surface area contributed by atoms with E-state index in [4.69, 9.17) is 4.43 Å². The third kappa shape index (κ3) is 3.17. The highest BCUT2D eigenvalue weighted by Gasteiger charge is 2.41. The van der Waals surface area contributed by atoms with E-state index in [1.54, 1.807) is 0 Å². The van der Waals surface area contributed by atoms with Crippen LogP contribution < -0.4 is 0 Å². The molecule has 1 rings (SSSR count). The van der Waals surface area contributed by atoms with E-state index in [2.05, 4.69) is 33.9 Å². The van der Waals surface area contributed by atoms with Crippen molar-refractivity contribution in [3.05, 3.63) is 11.6 Å². The molecule has 0 saturated carbocycles. The maximum absolute atomic E-state index is 11.2. The molecule has 0 N–H and O–H groups in total. The molecule has 18 heavy (non-hydrogen) atoms. The average Bonchev–Trinajstić information content (AvgIpc) is 2.26. The Morgan fingerprint density at radius 3 is 2.39 bits per heavy atom. The molecule has 0 fully saturated rings. The fourth-order valence-corrected chi connectivity index (χ4v) is 3.30. The van der Waals surface area contributed by atoms with E-state index in [-0.39, 0.29) is 17.1 Å². The fourth-order valence-electron chi connectivity index (χ4n) is 1.92. The zero-order valence-corrected chi connectivity index (χ0v) is 13.0. The molecule has 0 aromatic rings. The standard InChI is InChI=1S/C14H24O3Si/c1-14(2,3)18(4,5)17-13-8-6-7-11(9-15)12(13)10-16/h7,9-10,12-13H,6,8H2,1-5H3. The predicted molar refractivity (Wildman–Crippen MR) is 75.0 cm³/mol. The summed E-state index contributed by atoms with van der Waals surface area (Å²) in [5.41, 5.74) is 0.583. The first-order valence-corrected chi connectivity index (χ1v) is 9.42. The van der Waals surface area contributed by atoms with E-state index >= 15 is 0 Å². The number of carbonyl (C=O) groups is 2. The second-order valence-electron chi connectivity index (χ2n) is 6.48. The van der Waals surface area contributed by atoms with Crippen LogP contribution >= 0.6 is 0 Å². The van der Waals surface area contributed by atoms with Gasteiger partial charge in [0, 0.05) is 5.57 Å². The lowest BCUT2D eigenvalue weighted by atomic mass is 9.87. The summed E-state index contributed by atoms with van der Waals surface area (Å²) in [6, 6.07) is 0. The van der Waals surface area contributed by atoms with Crippen LogP contribution in [0.5, 0.6) is 0 Å². The Morgan fingerprint density at radius 2 is 1.94 bits per heavy atom. The highest BCUT2D eigenvalue weighted by molar-refractivity contribution is 6.74. The predicted octanol–water partition coefficient (Wildman–Crippen LogP) is 3.11. The Hall–Kier alpha value is -0.743. The van der Waals surface area contributed by atoms with Gasteiger partial charge in [-0.05, 0) is 31.0 Å². The van der Waals surface area contributed by atoms with Crippen molar-refractivity contribution in [2.24, 2.45) is 5.92 Å². The molecule has 2 atom stereocenters. The van der Waals surface area contributed by atoms with Crippen LogP contribution in [0.1, 0.15) is 33.6 Å². The van der Waals surface area contributed by atoms with Gasteiger partial charge in [0.2, 0.25) is 0 Å². The third-order valence-corrected chi connectivity index (χ3v) is 8.66. The van der Waals surface area contributed by atoms with Gasteiger partial charge in [0.1, 0.15) is 12.6 Å². The molecule has 0 aromatic carbocycles. The molecular weight excluding hydrogens is 244 g/mol. The van der Waals surface area contributed by atoms with Gasteiger partial charge in [-0.1, -0.05) is 26.8 Å². The van der Waals surface area contributed by atoms with Gasteiger partial charge in [-0.2, -0.15) is 0 Å². The first-order valence-electron chi connectivity index (χ1n) is 6.51. The van der Waals surface area contributed by atoms with Crippen LogP contribution in [-0.4, -0.2) is 27.0 Å². The minimum Gasteiger partial charge on any atom is -0.413 e. The van der Waals surface area contributed by atoms with Crippen LogP contribution in [0.4, 0.5) is 0 Å². The molecule has 1 aliphatic carbocycles. The summed E-state index contributed by atoms with van der Waals surface area (Å²) < 4.78 is 6.29. The van der Waals surface area contributed by atoms with Crippen molar-refractivity contribution in [3.63, 3.8) is 0 Å². The molecule has 0 saturated heterocycles. The Morgan fingerprint density at radius 1 is 1.33 bits per heavy atom. The lowest BCUT2D eigenvalue weighted by molar-refractivity contribution is -0.115. The van der Waals surface area contributed by atoms with Crippen LogP contribution in [0.15, 0.2) is 11.6 Å². The van der Waals surface area contributed by atoms with Crippen molar-refractivity contribution < 1.29 is 14.0 Å². The van der Waals surface area contributed by atoms with Crippen molar-refractivity contribution in [2.75, 3.05) is 0 Å². The number of hydrogen-bond acceptors (Lipinski definition) is 3. The zero-order chi connectivity index (χ0) is 14.0. The number of carbonyl (C=O) groups excluding carboxylic acids is 2. The van der Waals surface area contributed by atoms with Gasteiger partial charge in [-0.15, -0.1) is 0 Å². The average molecular weight is 268 g/mol. The zero-order valence-electron chi connectivity index (χ0n) is 12.0. The van der Waals surface area contributed by atoms with Gasteiger partial charge in [-0.25, -0.2) is 0 Å². The quantitative estimate of drug-likeness (QED) is 0.581. The molecule has 0 aliphatic heterocycles. The van der Waals surface area contributed by atoms with Crippen LogP contribution in [0.2, 0.25) is 18.1 Å². The van der Waals surface area contributed by atoms with E-state index in [0.29, 0.717) is 5.57 Å². The first-order chi connectivity index (χ1) is 8.23. The number of aldehydes is 2. The van der Waals surface area contributed by atoms with Gasteiger partial charge in [-0.3, -0.25) is 4.79 Å². The summed E-state index contributed by atoms with van der Waals surface area (Å²) in [6.45, 7) is 10.9. The SMILES string of the molecule is CC(C)(C)[Si](C)(C)OC1CCC=C(C=O)C1C=O. The van der Waals surface area contributed by atoms with Gasteiger partial charge in [0.25, 0.3) is 0 Å². The number of hydrogen-bond donors (Lipinski definition) is 0. The Labute approximate surface area is 111 Å². The maximum Gasteiger partial charge on any atom is 0.192 e. The summed E-state index contributed by atoms with van der Waals surface area (Å²) in [5, 5.41) is 0.114. The smallest absolute Gasteiger partial charge is 0.192 e. The molecule has 0 amide bonds. The fraction of sp³-hybridized carbons (Fsp3) is 0.714. The molecule has 0 aromatic heterocycles. The van der Waals surface area contributed by atoms with Crippen molar-refractivity contribution in [2.45, 2.75) is 57.8 Å². The molecule has 2 unspecified atom stereocenters. The van der Waals surface area contributed by atoms with E-state index in [0.717, 1.165) is 25.4 Å². The minimum atomic E-state index is -1.89. The number of rotatable bonds is 4. The molecule has 1 aliphatic rings. The summed E-state index contributed by atoms with van der Waals surface area (Å²) in [5.74, 6) is -0.384. The second kappa shape index (κ2) is 5.49. The maximum atomic E-state index is 11.2. The number of allylic oxidation sites excluding steroid dienone is 1. The molecular formula is C14H24O3Si. The highest BCUT2D eigenvalue weighted by Crippen LogP contribution is 2.39. The lowest BCUT2D eigenvalue weighted by Crippen LogP contribution is -2.47. The Bertz CT molecular complexity index is 353. The highest BCUT2D eigenvalue weighted by atomic mass is 28.4. The van der Waals surface area contributed by atoms with Gasteiger partial charge in [0.05, 0.1) is 12.0 Å². The van der Waals surface area contributed by atoms with E-state index in [9.17, 15) is 9.59 Å². The van der Waals surface area contributed by atoms with Gasteiger partial charge in [0.15, 0.2) is 8.32 Å². The molecule has 0 radical (unpaired) electrons. The molecule has 4 heteroatoms. The van der Waals surface area contributed by atoms with Gasteiger partial charge < -0.3 is 9.22 Å². The Balaban J connectivity index is 2.88. The van der Waals surface area contributed by atoms with E-state index < -0.39 is 8.32 Å². The van der Waals surface area contributed by atoms with Crippen LogP contribution in [-0.2, 0) is 14.0 Å². The third-order valence-electron chi connectivity index (χ3n) is 4.15. The largest absolute Gasteiger partial charge is 0.413 e. The van der Waals surface area contributed by atoms with E-state index in [1.165, 1.54) is 0 Å². The van der Waals surface area contributed by atoms with Crippen molar-refractivity contribution in [1.82, 2.24) is 0 Å². The summed E-state index contributed by atoms with van der Waals surface area (Å²) in [4.78, 5) is 22.2. The van der Waals surface area contributed by atoms with Crippen molar-refractivity contribution in [3.8, 4) is 0 Å². The van der Waals surface area contributed by atoms with Crippen LogP contribution in [0.25, 0.3) is 0 Å². The topological polar surface area (TPSA) is 43.4 Å². The molecule has 0 spiro atoms. The second-order valence-corrected chi connectivity index (χ2v) is 11.2. The van der Waals surface area contributed by atoms with Crippen molar-refractivity contribution in [1.29, 1.82) is 0 Å².